The van der Waals surface area contributed by atoms with E-state index in [1.807, 2.05) is 0 Å². The summed E-state index contributed by atoms with van der Waals surface area (Å²) in [6.07, 6.45) is 8.30. The van der Waals surface area contributed by atoms with Crippen molar-refractivity contribution in [1.29, 1.82) is 0 Å². The summed E-state index contributed by atoms with van der Waals surface area (Å²) in [4.78, 5) is 0. The van der Waals surface area contributed by atoms with Gasteiger partial charge < -0.3 is 0 Å². The Hall–Kier alpha value is 0. The van der Waals surface area contributed by atoms with Crippen molar-refractivity contribution in [3.05, 3.63) is 6.42 Å². The second kappa shape index (κ2) is 2.02. The van der Waals surface area contributed by atoms with E-state index in [1.54, 1.807) is 0 Å². The van der Waals surface area contributed by atoms with Gasteiger partial charge in [-0.2, -0.15) is 0 Å². The maximum Gasteiger partial charge on any atom is -0.0215 e. The Bertz CT molecular complexity index is 159. The van der Waals surface area contributed by atoms with Gasteiger partial charge in [0.1, 0.15) is 0 Å². The third-order valence-electron chi connectivity index (χ3n) is 4.67. The maximum atomic E-state index is 2.61. The van der Waals surface area contributed by atoms with Crippen LogP contribution in [-0.2, 0) is 0 Å². The van der Waals surface area contributed by atoms with E-state index in [-0.39, 0.29) is 0 Å². The molecule has 0 N–H and O–H groups in total. The molecule has 2 unspecified atom stereocenters. The van der Waals surface area contributed by atoms with Gasteiger partial charge in [0.05, 0.1) is 0 Å². The van der Waals surface area contributed by atoms with Crippen molar-refractivity contribution in [2.75, 3.05) is 0 Å². The molecule has 2 saturated carbocycles. The van der Waals surface area contributed by atoms with Crippen LogP contribution in [0.2, 0.25) is 0 Å². The molecule has 0 aliphatic heterocycles. The minimum atomic E-state index is 0.613. The van der Waals surface area contributed by atoms with E-state index in [1.165, 1.54) is 25.7 Å². The van der Waals surface area contributed by atoms with Gasteiger partial charge in [0.15, 0.2) is 0 Å². The van der Waals surface area contributed by atoms with Crippen molar-refractivity contribution < 1.29 is 0 Å². The van der Waals surface area contributed by atoms with Crippen LogP contribution < -0.4 is 0 Å². The molecular weight excluding hydrogens is 132 g/mol. The molecule has 0 saturated heterocycles. The molecule has 0 aromatic heterocycles. The highest BCUT2D eigenvalue weighted by molar-refractivity contribution is 5.15. The summed E-state index contributed by atoms with van der Waals surface area (Å²) in [5, 5.41) is 0. The lowest BCUT2D eigenvalue weighted by atomic mass is 9.68. The molecule has 0 heteroatoms. The monoisotopic (exact) mass is 151 g/mol. The first-order chi connectivity index (χ1) is 5.12. The molecule has 0 aromatic rings. The van der Waals surface area contributed by atoms with Crippen molar-refractivity contribution in [2.45, 2.75) is 46.5 Å². The van der Waals surface area contributed by atoms with Gasteiger partial charge in [-0.1, -0.05) is 20.8 Å². The van der Waals surface area contributed by atoms with E-state index in [0.717, 1.165) is 5.92 Å². The maximum absolute atomic E-state index is 2.61. The van der Waals surface area contributed by atoms with Crippen LogP contribution in [0.25, 0.3) is 0 Å². The smallest absolute Gasteiger partial charge is 0.0215 e. The van der Waals surface area contributed by atoms with Crippen LogP contribution in [0.15, 0.2) is 0 Å². The average molecular weight is 151 g/mol. The number of rotatable bonds is 1. The zero-order valence-corrected chi connectivity index (χ0v) is 7.98. The van der Waals surface area contributed by atoms with Crippen LogP contribution in [0.1, 0.15) is 46.5 Å². The number of hydrogen-bond donors (Lipinski definition) is 0. The Morgan fingerprint density at radius 1 is 1.45 bits per heavy atom. The predicted octanol–water partition coefficient (Wildman–Crippen LogP) is 3.43. The van der Waals surface area contributed by atoms with Gasteiger partial charge in [0.25, 0.3) is 0 Å². The zero-order chi connectivity index (χ0) is 8.11. The molecule has 0 aromatic carbocycles. The van der Waals surface area contributed by atoms with Crippen LogP contribution >= 0.6 is 0 Å². The lowest BCUT2D eigenvalue weighted by Gasteiger charge is -2.37. The van der Waals surface area contributed by atoms with Crippen molar-refractivity contribution in [3.8, 4) is 0 Å². The second-order valence-electron chi connectivity index (χ2n) is 4.91. The first kappa shape index (κ1) is 7.64. The number of fused-ring (bicyclic) bond motifs is 2. The first-order valence-electron chi connectivity index (χ1n) is 4.97. The molecule has 11 heavy (non-hydrogen) atoms. The van der Waals surface area contributed by atoms with Crippen LogP contribution in [0.4, 0.5) is 0 Å². The van der Waals surface area contributed by atoms with Gasteiger partial charge in [0.2, 0.25) is 0 Å². The standard InChI is InChI=1S/C11H19/c1-4-11-7-5-9(6-8-11)10(11,2)3/h7,9H,4-6,8H2,1-3H3. The molecular formula is C11H19. The van der Waals surface area contributed by atoms with Gasteiger partial charge in [-0.05, 0) is 48.9 Å². The minimum Gasteiger partial charge on any atom is -0.0648 e. The van der Waals surface area contributed by atoms with Crippen molar-refractivity contribution >= 4 is 0 Å². The molecule has 2 atom stereocenters. The molecule has 2 aliphatic rings. The SMILES string of the molecule is CCC12[CH]CC(CC1)C2(C)C. The quantitative estimate of drug-likeness (QED) is 0.538. The molecule has 2 bridgehead atoms. The van der Waals surface area contributed by atoms with Crippen LogP contribution in [0.5, 0.6) is 0 Å². The second-order valence-corrected chi connectivity index (χ2v) is 4.91. The Morgan fingerprint density at radius 3 is 2.36 bits per heavy atom. The number of hydrogen-bond acceptors (Lipinski definition) is 0. The Balaban J connectivity index is 2.34. The largest absolute Gasteiger partial charge is 0.0648 e. The fraction of sp³-hybridized carbons (Fsp3) is 0.909. The summed E-state index contributed by atoms with van der Waals surface area (Å²) in [6, 6.07) is 0. The normalized spacial score (nSPS) is 46.6. The molecule has 0 heterocycles. The fourth-order valence-corrected chi connectivity index (χ4v) is 3.44. The zero-order valence-electron chi connectivity index (χ0n) is 7.98. The molecule has 2 aliphatic carbocycles. The molecule has 0 spiro atoms. The lowest BCUT2D eigenvalue weighted by Crippen LogP contribution is -2.29. The molecule has 0 amide bonds. The lowest BCUT2D eigenvalue weighted by molar-refractivity contribution is 0.150. The van der Waals surface area contributed by atoms with Crippen molar-refractivity contribution in [3.63, 3.8) is 0 Å². The van der Waals surface area contributed by atoms with Gasteiger partial charge in [0, 0.05) is 0 Å². The first-order valence-corrected chi connectivity index (χ1v) is 4.97. The summed E-state index contributed by atoms with van der Waals surface area (Å²) in [6.45, 7) is 7.29. The highest BCUT2D eigenvalue weighted by atomic mass is 14.6. The van der Waals surface area contributed by atoms with E-state index in [2.05, 4.69) is 27.2 Å². The van der Waals surface area contributed by atoms with Crippen LogP contribution in [0.3, 0.4) is 0 Å². The summed E-state index contributed by atoms with van der Waals surface area (Å²) >= 11 is 0. The van der Waals surface area contributed by atoms with Gasteiger partial charge in [-0.3, -0.25) is 0 Å². The van der Waals surface area contributed by atoms with E-state index in [4.69, 9.17) is 0 Å². The highest BCUT2D eigenvalue weighted by Gasteiger charge is 2.57. The molecule has 1 radical (unpaired) electrons. The van der Waals surface area contributed by atoms with E-state index in [9.17, 15) is 0 Å². The fourth-order valence-electron chi connectivity index (χ4n) is 3.44. The topological polar surface area (TPSA) is 0 Å². The van der Waals surface area contributed by atoms with Crippen molar-refractivity contribution in [1.82, 2.24) is 0 Å². The third-order valence-corrected chi connectivity index (χ3v) is 4.67. The van der Waals surface area contributed by atoms with E-state index < -0.39 is 0 Å². The highest BCUT2D eigenvalue weighted by Crippen LogP contribution is 2.66. The molecule has 2 rings (SSSR count). The Morgan fingerprint density at radius 2 is 2.18 bits per heavy atom. The van der Waals surface area contributed by atoms with Crippen molar-refractivity contribution in [2.24, 2.45) is 16.7 Å². The van der Waals surface area contributed by atoms with Gasteiger partial charge in [-0.15, -0.1) is 0 Å². The van der Waals surface area contributed by atoms with Gasteiger partial charge in [-0.25, -0.2) is 0 Å². The molecule has 2 fully saturated rings. The van der Waals surface area contributed by atoms with Crippen LogP contribution in [0, 0.1) is 23.2 Å². The van der Waals surface area contributed by atoms with E-state index in [0.29, 0.717) is 10.8 Å². The summed E-state index contributed by atoms with van der Waals surface area (Å²) < 4.78 is 0. The summed E-state index contributed by atoms with van der Waals surface area (Å²) in [7, 11) is 0. The Kier molecular flexibility index (Phi) is 1.41. The average Bonchev–Trinajstić information content (AvgIpc) is 2.39. The minimum absolute atomic E-state index is 0.613. The third kappa shape index (κ3) is 0.711. The van der Waals surface area contributed by atoms with Gasteiger partial charge >= 0.3 is 0 Å². The summed E-state index contributed by atoms with van der Waals surface area (Å²) in [5.41, 5.74) is 1.24. The predicted molar refractivity (Wildman–Crippen MR) is 48.1 cm³/mol. The van der Waals surface area contributed by atoms with Crippen LogP contribution in [-0.4, -0.2) is 0 Å². The Labute approximate surface area is 70.4 Å². The summed E-state index contributed by atoms with van der Waals surface area (Å²) in [5.74, 6) is 1.00. The van der Waals surface area contributed by atoms with E-state index >= 15 is 0 Å². The molecule has 63 valence electrons. The molecule has 0 nitrogen and oxygen atoms in total.